The Hall–Kier alpha value is -1.26. The maximum atomic E-state index is 5.65. The summed E-state index contributed by atoms with van der Waals surface area (Å²) in [4.78, 5) is 0. The van der Waals surface area contributed by atoms with Crippen LogP contribution in [0.15, 0.2) is 45.7 Å². The Morgan fingerprint density at radius 2 is 2.22 bits per heavy atom. The summed E-state index contributed by atoms with van der Waals surface area (Å²) < 4.78 is 11.7. The summed E-state index contributed by atoms with van der Waals surface area (Å²) in [5.41, 5.74) is 2.33. The van der Waals surface area contributed by atoms with Crippen molar-refractivity contribution in [1.82, 2.24) is 5.32 Å². The summed E-state index contributed by atoms with van der Waals surface area (Å²) in [6, 6.07) is 7.95. The zero-order chi connectivity index (χ0) is 12.8. The number of rotatable bonds is 6. The summed E-state index contributed by atoms with van der Waals surface area (Å²) in [5, 5.41) is 3.29. The first kappa shape index (κ1) is 13.2. The van der Waals surface area contributed by atoms with E-state index in [1.54, 1.807) is 12.5 Å². The van der Waals surface area contributed by atoms with Gasteiger partial charge in [-0.2, -0.15) is 0 Å². The topological polar surface area (TPSA) is 34.4 Å². The van der Waals surface area contributed by atoms with Crippen molar-refractivity contribution in [2.75, 3.05) is 13.2 Å². The first-order valence-corrected chi connectivity index (χ1v) is 6.66. The molecular formula is C14H16BrNO2. The van der Waals surface area contributed by atoms with Crippen LogP contribution in [-0.4, -0.2) is 13.2 Å². The zero-order valence-corrected chi connectivity index (χ0v) is 11.9. The fourth-order valence-corrected chi connectivity index (χ4v) is 1.82. The minimum atomic E-state index is 0.652. The van der Waals surface area contributed by atoms with Gasteiger partial charge in [0.05, 0.1) is 12.5 Å². The molecule has 1 aromatic carbocycles. The maximum Gasteiger partial charge on any atom is 0.119 e. The van der Waals surface area contributed by atoms with Gasteiger partial charge in [-0.3, -0.25) is 0 Å². The highest BCUT2D eigenvalue weighted by Crippen LogP contribution is 2.21. The van der Waals surface area contributed by atoms with E-state index in [2.05, 4.69) is 21.2 Å². The zero-order valence-electron chi connectivity index (χ0n) is 10.3. The van der Waals surface area contributed by atoms with E-state index in [-0.39, 0.29) is 0 Å². The number of ether oxygens (including phenoxy) is 1. The molecule has 0 aliphatic carbocycles. The van der Waals surface area contributed by atoms with Crippen molar-refractivity contribution in [3.8, 4) is 5.75 Å². The molecule has 0 atom stereocenters. The summed E-state index contributed by atoms with van der Waals surface area (Å²) >= 11 is 3.47. The number of nitrogens with one attached hydrogen (secondary N) is 1. The van der Waals surface area contributed by atoms with Crippen LogP contribution in [0.1, 0.15) is 11.1 Å². The molecule has 0 saturated carbocycles. The van der Waals surface area contributed by atoms with Crippen LogP contribution in [0.25, 0.3) is 0 Å². The molecule has 2 rings (SSSR count). The van der Waals surface area contributed by atoms with Crippen molar-refractivity contribution in [1.29, 1.82) is 0 Å². The Labute approximate surface area is 115 Å². The molecule has 0 unspecified atom stereocenters. The molecule has 0 spiro atoms. The van der Waals surface area contributed by atoms with Crippen LogP contribution in [0.5, 0.6) is 5.75 Å². The van der Waals surface area contributed by atoms with E-state index < -0.39 is 0 Å². The van der Waals surface area contributed by atoms with E-state index >= 15 is 0 Å². The summed E-state index contributed by atoms with van der Waals surface area (Å²) in [6.45, 7) is 4.31. The number of hydrogen-bond donors (Lipinski definition) is 1. The van der Waals surface area contributed by atoms with E-state index in [0.29, 0.717) is 6.61 Å². The van der Waals surface area contributed by atoms with Gasteiger partial charge in [0.15, 0.2) is 0 Å². The van der Waals surface area contributed by atoms with Gasteiger partial charge in [0.25, 0.3) is 0 Å². The molecule has 96 valence electrons. The SMILES string of the molecule is Cc1cc(OCCNCc2ccoc2)ccc1Br. The molecule has 3 nitrogen and oxygen atoms in total. The third-order valence-electron chi connectivity index (χ3n) is 2.59. The highest BCUT2D eigenvalue weighted by molar-refractivity contribution is 9.10. The van der Waals surface area contributed by atoms with Crippen molar-refractivity contribution in [3.05, 3.63) is 52.4 Å². The predicted octanol–water partition coefficient (Wildman–Crippen LogP) is 3.52. The third-order valence-corrected chi connectivity index (χ3v) is 3.48. The Morgan fingerprint density at radius 1 is 1.33 bits per heavy atom. The Morgan fingerprint density at radius 3 is 2.94 bits per heavy atom. The molecule has 1 aromatic heterocycles. The van der Waals surface area contributed by atoms with E-state index in [4.69, 9.17) is 9.15 Å². The van der Waals surface area contributed by atoms with Gasteiger partial charge in [-0.15, -0.1) is 0 Å². The molecule has 1 N–H and O–H groups in total. The fourth-order valence-electron chi connectivity index (χ4n) is 1.57. The van der Waals surface area contributed by atoms with Crippen molar-refractivity contribution in [2.45, 2.75) is 13.5 Å². The first-order valence-electron chi connectivity index (χ1n) is 5.86. The van der Waals surface area contributed by atoms with E-state index in [9.17, 15) is 0 Å². The fraction of sp³-hybridized carbons (Fsp3) is 0.286. The number of furan rings is 1. The lowest BCUT2D eigenvalue weighted by atomic mass is 10.2. The second-order valence-electron chi connectivity index (χ2n) is 4.07. The van der Waals surface area contributed by atoms with Gasteiger partial charge in [-0.1, -0.05) is 15.9 Å². The molecule has 18 heavy (non-hydrogen) atoms. The minimum Gasteiger partial charge on any atom is -0.492 e. The minimum absolute atomic E-state index is 0.652. The molecule has 0 radical (unpaired) electrons. The highest BCUT2D eigenvalue weighted by atomic mass is 79.9. The molecular weight excluding hydrogens is 294 g/mol. The molecule has 0 aliphatic heterocycles. The van der Waals surface area contributed by atoms with E-state index in [0.717, 1.165) is 28.9 Å². The van der Waals surface area contributed by atoms with Crippen LogP contribution in [0, 0.1) is 6.92 Å². The van der Waals surface area contributed by atoms with Crippen LogP contribution >= 0.6 is 15.9 Å². The van der Waals surface area contributed by atoms with Crippen LogP contribution in [0.2, 0.25) is 0 Å². The number of aryl methyl sites for hydroxylation is 1. The molecule has 0 amide bonds. The Balaban J connectivity index is 1.67. The van der Waals surface area contributed by atoms with Gasteiger partial charge < -0.3 is 14.5 Å². The number of benzene rings is 1. The maximum absolute atomic E-state index is 5.65. The predicted molar refractivity (Wildman–Crippen MR) is 74.8 cm³/mol. The lowest BCUT2D eigenvalue weighted by Gasteiger charge is -2.08. The van der Waals surface area contributed by atoms with Gasteiger partial charge in [0.1, 0.15) is 12.4 Å². The molecule has 0 fully saturated rings. The highest BCUT2D eigenvalue weighted by Gasteiger charge is 1.98. The van der Waals surface area contributed by atoms with Crippen LogP contribution in [0.4, 0.5) is 0 Å². The van der Waals surface area contributed by atoms with Gasteiger partial charge in [0.2, 0.25) is 0 Å². The molecule has 4 heteroatoms. The summed E-state index contributed by atoms with van der Waals surface area (Å²) in [5.74, 6) is 0.904. The van der Waals surface area contributed by atoms with Crippen LogP contribution in [0.3, 0.4) is 0 Å². The number of hydrogen-bond acceptors (Lipinski definition) is 3. The van der Waals surface area contributed by atoms with Crippen molar-refractivity contribution >= 4 is 15.9 Å². The summed E-state index contributed by atoms with van der Waals surface area (Å²) in [6.07, 6.45) is 3.42. The monoisotopic (exact) mass is 309 g/mol. The van der Waals surface area contributed by atoms with E-state index in [1.807, 2.05) is 31.2 Å². The third kappa shape index (κ3) is 3.89. The van der Waals surface area contributed by atoms with Crippen molar-refractivity contribution < 1.29 is 9.15 Å². The quantitative estimate of drug-likeness (QED) is 0.829. The van der Waals surface area contributed by atoms with Gasteiger partial charge >= 0.3 is 0 Å². The van der Waals surface area contributed by atoms with Crippen molar-refractivity contribution in [3.63, 3.8) is 0 Å². The van der Waals surface area contributed by atoms with Gasteiger partial charge in [-0.25, -0.2) is 0 Å². The van der Waals surface area contributed by atoms with Crippen LogP contribution < -0.4 is 10.1 Å². The standard InChI is InChI=1S/C14H16BrNO2/c1-11-8-13(2-3-14(11)15)18-7-5-16-9-12-4-6-17-10-12/h2-4,6,8,10,16H,5,7,9H2,1H3. The first-order chi connectivity index (χ1) is 8.75. The van der Waals surface area contributed by atoms with Crippen molar-refractivity contribution in [2.24, 2.45) is 0 Å². The lowest BCUT2D eigenvalue weighted by molar-refractivity contribution is 0.313. The molecule has 0 saturated heterocycles. The van der Waals surface area contributed by atoms with Gasteiger partial charge in [-0.05, 0) is 36.8 Å². The van der Waals surface area contributed by atoms with Gasteiger partial charge in [0, 0.05) is 23.1 Å². The summed E-state index contributed by atoms with van der Waals surface area (Å²) in [7, 11) is 0. The molecule has 0 aliphatic rings. The van der Waals surface area contributed by atoms with Crippen LogP contribution in [-0.2, 0) is 6.54 Å². The lowest BCUT2D eigenvalue weighted by Crippen LogP contribution is -2.20. The molecule has 1 heterocycles. The second kappa shape index (κ2) is 6.61. The largest absolute Gasteiger partial charge is 0.492 e. The average molecular weight is 310 g/mol. The Bertz CT molecular complexity index is 483. The number of halogens is 1. The normalized spacial score (nSPS) is 10.6. The van der Waals surface area contributed by atoms with E-state index in [1.165, 1.54) is 5.56 Å². The Kier molecular flexibility index (Phi) is 4.84. The molecule has 0 bridgehead atoms. The molecule has 2 aromatic rings. The smallest absolute Gasteiger partial charge is 0.119 e. The average Bonchev–Trinajstić information content (AvgIpc) is 2.86. The second-order valence-corrected chi connectivity index (χ2v) is 4.92.